The molecule has 0 radical (unpaired) electrons. The van der Waals surface area contributed by atoms with E-state index in [0.29, 0.717) is 38.2 Å². The molecule has 3 heterocycles. The van der Waals surface area contributed by atoms with Crippen molar-refractivity contribution in [3.05, 3.63) is 54.4 Å². The molecule has 1 spiro atoms. The zero-order valence-electron chi connectivity index (χ0n) is 22.3. The number of carbonyl (C=O) groups excluding carboxylic acids is 2. The van der Waals surface area contributed by atoms with Gasteiger partial charge in [-0.3, -0.25) is 19.5 Å². The van der Waals surface area contributed by atoms with E-state index in [1.54, 1.807) is 17.3 Å². The summed E-state index contributed by atoms with van der Waals surface area (Å²) in [5.41, 5.74) is 0.328. The van der Waals surface area contributed by atoms with E-state index in [4.69, 9.17) is 4.74 Å². The number of hydrogen-bond donors (Lipinski definition) is 2. The van der Waals surface area contributed by atoms with E-state index >= 15 is 0 Å². The van der Waals surface area contributed by atoms with Crippen molar-refractivity contribution in [1.82, 2.24) is 20.1 Å². The number of unbranched alkanes of at least 4 members (excludes halogenated alkanes) is 1. The maximum Gasteiger partial charge on any atom is 0.248 e. The summed E-state index contributed by atoms with van der Waals surface area (Å²) in [6, 6.07) is 10.8. The predicted octanol–water partition coefficient (Wildman–Crippen LogP) is 4.20. The number of likely N-dealkylation sites (tertiary alicyclic amines) is 1. The van der Waals surface area contributed by atoms with Crippen LogP contribution in [0.1, 0.15) is 52.0 Å². The minimum atomic E-state index is -0.895. The van der Waals surface area contributed by atoms with Crippen molar-refractivity contribution >= 4 is 36.6 Å². The summed E-state index contributed by atoms with van der Waals surface area (Å²) in [5, 5.41) is 13.5. The quantitative estimate of drug-likeness (QED) is 0.472. The van der Waals surface area contributed by atoms with Gasteiger partial charge in [0.1, 0.15) is 23.1 Å². The van der Waals surface area contributed by atoms with Crippen LogP contribution in [-0.2, 0) is 16.1 Å². The monoisotopic (exact) mass is 566 g/mol. The number of pyridine rings is 1. The average Bonchev–Trinajstić information content (AvgIpc) is 2.89. The molecule has 4 rings (SSSR count). The number of amides is 2. The summed E-state index contributed by atoms with van der Waals surface area (Å²) in [6.07, 6.45) is 5.44. The van der Waals surface area contributed by atoms with Crippen molar-refractivity contribution in [2.45, 2.75) is 70.7 Å². The standard InChI is InChI=1S/C28H38N4O4.2ClH/c1-4-5-15-32-26(34)24(25(33)20(2)3)30-27(35)28(32)12-16-31(17-13-28)19-21-8-10-22(11-9-21)36-23-7-6-14-29-18-23;;/h6-11,14,18,20,24-25,33H,4-5,12-13,15-17,19H2,1-3H3,(H,30,35);2*1H/t24-,25-;;/m1../s1. The molecule has 2 amide bonds. The Labute approximate surface area is 238 Å². The fraction of sp³-hybridized carbons (Fsp3) is 0.536. The molecule has 2 aliphatic rings. The number of nitrogens with zero attached hydrogens (tertiary/aromatic N) is 3. The second-order valence-corrected chi connectivity index (χ2v) is 10.3. The number of carbonyl (C=O) groups is 2. The van der Waals surface area contributed by atoms with Gasteiger partial charge in [0.15, 0.2) is 0 Å². The molecule has 2 aliphatic heterocycles. The number of halogens is 2. The molecule has 10 heteroatoms. The number of nitrogens with one attached hydrogen (secondary N) is 1. The molecule has 8 nitrogen and oxygen atoms in total. The zero-order chi connectivity index (χ0) is 25.7. The molecular weight excluding hydrogens is 527 g/mol. The summed E-state index contributed by atoms with van der Waals surface area (Å²) in [7, 11) is 0. The van der Waals surface area contributed by atoms with Gasteiger partial charge in [-0.05, 0) is 55.0 Å². The van der Waals surface area contributed by atoms with Crippen LogP contribution in [0.5, 0.6) is 11.5 Å². The van der Waals surface area contributed by atoms with E-state index in [0.717, 1.165) is 30.7 Å². The fourth-order valence-electron chi connectivity index (χ4n) is 5.14. The number of hydrogen-bond acceptors (Lipinski definition) is 6. The molecule has 2 aromatic rings. The third-order valence-corrected chi connectivity index (χ3v) is 7.40. The second-order valence-electron chi connectivity index (χ2n) is 10.3. The van der Waals surface area contributed by atoms with Crippen molar-refractivity contribution < 1.29 is 19.4 Å². The highest BCUT2D eigenvalue weighted by Gasteiger charge is 2.54. The van der Waals surface area contributed by atoms with Gasteiger partial charge < -0.3 is 20.1 Å². The van der Waals surface area contributed by atoms with E-state index in [-0.39, 0.29) is 42.5 Å². The van der Waals surface area contributed by atoms with Crippen molar-refractivity contribution in [1.29, 1.82) is 0 Å². The Morgan fingerprint density at radius 3 is 2.37 bits per heavy atom. The molecule has 0 saturated carbocycles. The first-order valence-electron chi connectivity index (χ1n) is 13.0. The minimum Gasteiger partial charge on any atom is -0.456 e. The molecule has 0 bridgehead atoms. The van der Waals surface area contributed by atoms with Crippen LogP contribution in [0.3, 0.4) is 0 Å². The highest BCUT2D eigenvalue weighted by molar-refractivity contribution is 6.00. The van der Waals surface area contributed by atoms with Crippen LogP contribution in [-0.4, -0.2) is 69.0 Å². The summed E-state index contributed by atoms with van der Waals surface area (Å²) >= 11 is 0. The van der Waals surface area contributed by atoms with Gasteiger partial charge >= 0.3 is 0 Å². The molecular formula is C28H40Cl2N4O4. The maximum absolute atomic E-state index is 13.5. The second kappa shape index (κ2) is 14.1. The first-order chi connectivity index (χ1) is 17.3. The van der Waals surface area contributed by atoms with E-state index in [1.165, 1.54) is 0 Å². The minimum absolute atomic E-state index is 0. The Morgan fingerprint density at radius 2 is 1.79 bits per heavy atom. The lowest BCUT2D eigenvalue weighted by Gasteiger charge is -2.52. The molecule has 2 fully saturated rings. The number of benzene rings is 1. The molecule has 0 unspecified atom stereocenters. The number of aliphatic hydroxyl groups is 1. The number of ether oxygens (including phenoxy) is 1. The van der Waals surface area contributed by atoms with Crippen LogP contribution >= 0.6 is 24.8 Å². The van der Waals surface area contributed by atoms with Gasteiger partial charge in [-0.1, -0.05) is 39.3 Å². The topological polar surface area (TPSA) is 95.0 Å². The van der Waals surface area contributed by atoms with Crippen molar-refractivity contribution in [2.75, 3.05) is 19.6 Å². The van der Waals surface area contributed by atoms with E-state index in [9.17, 15) is 14.7 Å². The van der Waals surface area contributed by atoms with Crippen LogP contribution in [0, 0.1) is 5.92 Å². The van der Waals surface area contributed by atoms with Crippen LogP contribution in [0.4, 0.5) is 0 Å². The van der Waals surface area contributed by atoms with Crippen LogP contribution in [0.25, 0.3) is 0 Å². The lowest BCUT2D eigenvalue weighted by atomic mass is 9.80. The van der Waals surface area contributed by atoms with Crippen molar-refractivity contribution in [3.8, 4) is 11.5 Å². The Bertz CT molecular complexity index is 1030. The predicted molar refractivity (Wildman–Crippen MR) is 152 cm³/mol. The summed E-state index contributed by atoms with van der Waals surface area (Å²) in [6.45, 7) is 8.55. The first-order valence-corrected chi connectivity index (χ1v) is 13.0. The third kappa shape index (κ3) is 6.97. The zero-order valence-corrected chi connectivity index (χ0v) is 24.0. The number of rotatable bonds is 9. The Hall–Kier alpha value is -2.39. The number of piperidine rings is 1. The average molecular weight is 568 g/mol. The van der Waals surface area contributed by atoms with Crippen molar-refractivity contribution in [2.24, 2.45) is 5.92 Å². The van der Waals surface area contributed by atoms with E-state index in [2.05, 4.69) is 34.3 Å². The molecule has 2 saturated heterocycles. The molecule has 1 aromatic heterocycles. The van der Waals surface area contributed by atoms with E-state index < -0.39 is 17.7 Å². The van der Waals surface area contributed by atoms with Gasteiger partial charge in [-0.25, -0.2) is 0 Å². The molecule has 1 aromatic carbocycles. The molecule has 38 heavy (non-hydrogen) atoms. The largest absolute Gasteiger partial charge is 0.456 e. The van der Waals surface area contributed by atoms with Gasteiger partial charge in [0.25, 0.3) is 0 Å². The normalized spacial score (nSPS) is 19.9. The van der Waals surface area contributed by atoms with Gasteiger partial charge in [0.2, 0.25) is 11.8 Å². The van der Waals surface area contributed by atoms with Gasteiger partial charge in [0, 0.05) is 32.4 Å². The summed E-state index contributed by atoms with van der Waals surface area (Å²) in [4.78, 5) is 35.1. The van der Waals surface area contributed by atoms with Crippen LogP contribution in [0.15, 0.2) is 48.8 Å². The summed E-state index contributed by atoms with van der Waals surface area (Å²) in [5.74, 6) is 1.06. The van der Waals surface area contributed by atoms with Gasteiger partial charge in [-0.2, -0.15) is 0 Å². The summed E-state index contributed by atoms with van der Waals surface area (Å²) < 4.78 is 5.83. The SMILES string of the molecule is CCCCN1C(=O)[C@@H]([C@H](O)C(C)C)NC(=O)C12CCN(Cc1ccc(Oc3cccnc3)cc1)CC2.Cl.Cl. The van der Waals surface area contributed by atoms with Crippen LogP contribution < -0.4 is 10.1 Å². The van der Waals surface area contributed by atoms with Gasteiger partial charge in [0.05, 0.1) is 12.3 Å². The highest BCUT2D eigenvalue weighted by atomic mass is 35.5. The Kier molecular flexibility index (Phi) is 11.8. The van der Waals surface area contributed by atoms with E-state index in [1.807, 2.05) is 38.1 Å². The molecule has 0 aliphatic carbocycles. The maximum atomic E-state index is 13.5. The van der Waals surface area contributed by atoms with Crippen molar-refractivity contribution in [3.63, 3.8) is 0 Å². The number of piperazine rings is 1. The molecule has 2 atom stereocenters. The fourth-order valence-corrected chi connectivity index (χ4v) is 5.14. The number of aromatic nitrogens is 1. The molecule has 2 N–H and O–H groups in total. The molecule has 210 valence electrons. The van der Waals surface area contributed by atoms with Gasteiger partial charge in [-0.15, -0.1) is 24.8 Å². The third-order valence-electron chi connectivity index (χ3n) is 7.40. The lowest BCUT2D eigenvalue weighted by Crippen LogP contribution is -2.74. The Balaban J connectivity index is 0.00000253. The smallest absolute Gasteiger partial charge is 0.248 e. The van der Waals surface area contributed by atoms with Crippen LogP contribution in [0.2, 0.25) is 0 Å². The Morgan fingerprint density at radius 1 is 1.11 bits per heavy atom. The highest BCUT2D eigenvalue weighted by Crippen LogP contribution is 2.35. The first kappa shape index (κ1) is 31.8. The lowest BCUT2D eigenvalue weighted by molar-refractivity contribution is -0.165. The number of aliphatic hydroxyl groups excluding tert-OH is 1.